The molecule has 1 aromatic heterocycles. The number of rotatable bonds is 3. The van der Waals surface area contributed by atoms with Crippen LogP contribution in [0.1, 0.15) is 13.8 Å². The maximum Gasteiger partial charge on any atom is 0.228 e. The third kappa shape index (κ3) is 2.96. The number of hydrogen-bond donors (Lipinski definition) is 1. The summed E-state index contributed by atoms with van der Waals surface area (Å²) in [4.78, 5) is 11.2. The summed E-state index contributed by atoms with van der Waals surface area (Å²) in [7, 11) is 3.19. The van der Waals surface area contributed by atoms with Crippen LogP contribution in [0.25, 0.3) is 10.9 Å². The van der Waals surface area contributed by atoms with E-state index >= 15 is 0 Å². The van der Waals surface area contributed by atoms with Crippen LogP contribution in [0.4, 0.5) is 11.8 Å². The quantitative estimate of drug-likeness (QED) is 0.924. The maximum atomic E-state index is 6.14. The highest BCUT2D eigenvalue weighted by atomic mass is 16.5. The number of nitrogens with zero attached hydrogens (tertiary/aromatic N) is 3. The van der Waals surface area contributed by atoms with Gasteiger partial charge in [-0.25, -0.2) is 4.98 Å². The maximum absolute atomic E-state index is 6.14. The summed E-state index contributed by atoms with van der Waals surface area (Å²) in [6.07, 6.45) is 0. The summed E-state index contributed by atoms with van der Waals surface area (Å²) >= 11 is 0. The van der Waals surface area contributed by atoms with Crippen LogP contribution in [0, 0.1) is 0 Å². The minimum atomic E-state index is -0.233. The van der Waals surface area contributed by atoms with Gasteiger partial charge in [-0.05, 0) is 19.9 Å². The van der Waals surface area contributed by atoms with Gasteiger partial charge in [0, 0.05) is 24.5 Å². The Kier molecular flexibility index (Phi) is 3.89. The highest BCUT2D eigenvalue weighted by Gasteiger charge is 2.29. The lowest BCUT2D eigenvalue weighted by atomic mass is 10.1. The van der Waals surface area contributed by atoms with E-state index in [9.17, 15) is 0 Å². The highest BCUT2D eigenvalue weighted by Crippen LogP contribution is 2.34. The molecule has 1 aliphatic rings. The number of methoxy groups -OCH3 is 2. The number of fused-ring (bicyclic) bond motifs is 1. The standard InChI is InChI=1S/C16H22N4O3/c1-16(2)9-20(5-6-23-16)15-18-11-8-13(22-4)12(21-3)7-10(11)14(17)19-15/h7-8H,5-6,9H2,1-4H3,(H2,17,18,19). The molecule has 0 spiro atoms. The third-order valence-corrected chi connectivity index (χ3v) is 3.93. The zero-order valence-corrected chi connectivity index (χ0v) is 13.9. The van der Waals surface area contributed by atoms with E-state index in [-0.39, 0.29) is 5.60 Å². The number of nitrogens with two attached hydrogens (primary N) is 1. The highest BCUT2D eigenvalue weighted by molar-refractivity contribution is 5.91. The molecule has 2 aromatic rings. The summed E-state index contributed by atoms with van der Waals surface area (Å²) in [6.45, 7) is 6.20. The lowest BCUT2D eigenvalue weighted by Crippen LogP contribution is -2.49. The van der Waals surface area contributed by atoms with E-state index in [0.717, 1.165) is 17.4 Å². The molecule has 7 nitrogen and oxygen atoms in total. The fourth-order valence-corrected chi connectivity index (χ4v) is 2.80. The van der Waals surface area contributed by atoms with E-state index in [1.54, 1.807) is 20.3 Å². The van der Waals surface area contributed by atoms with Crippen molar-refractivity contribution < 1.29 is 14.2 Å². The van der Waals surface area contributed by atoms with Crippen molar-refractivity contribution in [3.8, 4) is 11.5 Å². The minimum Gasteiger partial charge on any atom is -0.493 e. The van der Waals surface area contributed by atoms with Gasteiger partial charge in [-0.1, -0.05) is 0 Å². The number of morpholine rings is 1. The Labute approximate surface area is 135 Å². The van der Waals surface area contributed by atoms with Crippen LogP contribution in [0.15, 0.2) is 12.1 Å². The molecule has 1 aromatic carbocycles. The molecule has 0 atom stereocenters. The van der Waals surface area contributed by atoms with Crippen molar-refractivity contribution in [3.63, 3.8) is 0 Å². The molecule has 1 fully saturated rings. The first-order valence-corrected chi connectivity index (χ1v) is 7.51. The van der Waals surface area contributed by atoms with Crippen molar-refractivity contribution in [2.24, 2.45) is 0 Å². The predicted molar refractivity (Wildman–Crippen MR) is 89.3 cm³/mol. The fourth-order valence-electron chi connectivity index (χ4n) is 2.80. The van der Waals surface area contributed by atoms with Crippen molar-refractivity contribution >= 4 is 22.7 Å². The molecule has 0 amide bonds. The van der Waals surface area contributed by atoms with Crippen LogP contribution in [-0.4, -0.2) is 49.5 Å². The second-order valence-corrected chi connectivity index (χ2v) is 6.16. The van der Waals surface area contributed by atoms with Crippen LogP contribution < -0.4 is 20.1 Å². The second-order valence-electron chi connectivity index (χ2n) is 6.16. The van der Waals surface area contributed by atoms with E-state index < -0.39 is 0 Å². The van der Waals surface area contributed by atoms with Crippen LogP contribution in [0.5, 0.6) is 11.5 Å². The normalized spacial score (nSPS) is 17.3. The van der Waals surface area contributed by atoms with Gasteiger partial charge >= 0.3 is 0 Å². The van der Waals surface area contributed by atoms with Crippen LogP contribution in [0.3, 0.4) is 0 Å². The van der Waals surface area contributed by atoms with Gasteiger partial charge in [0.2, 0.25) is 5.95 Å². The molecule has 0 unspecified atom stereocenters. The van der Waals surface area contributed by atoms with Gasteiger partial charge in [0.05, 0.1) is 31.9 Å². The smallest absolute Gasteiger partial charge is 0.228 e. The Hall–Kier alpha value is -2.28. The van der Waals surface area contributed by atoms with Crippen LogP contribution in [0.2, 0.25) is 0 Å². The molecule has 0 saturated carbocycles. The number of anilines is 2. The largest absolute Gasteiger partial charge is 0.493 e. The average molecular weight is 318 g/mol. The van der Waals surface area contributed by atoms with Crippen molar-refractivity contribution in [3.05, 3.63) is 12.1 Å². The summed E-state index contributed by atoms with van der Waals surface area (Å²) in [5.74, 6) is 2.26. The molecule has 0 radical (unpaired) electrons. The second kappa shape index (κ2) is 5.73. The molecule has 1 aliphatic heterocycles. The molecule has 7 heteroatoms. The van der Waals surface area contributed by atoms with E-state index in [2.05, 4.69) is 28.7 Å². The van der Waals surface area contributed by atoms with Gasteiger partial charge in [-0.2, -0.15) is 4.98 Å². The van der Waals surface area contributed by atoms with Gasteiger partial charge in [0.1, 0.15) is 5.82 Å². The molecule has 23 heavy (non-hydrogen) atoms. The Bertz CT molecular complexity index is 733. The fraction of sp³-hybridized carbons (Fsp3) is 0.500. The lowest BCUT2D eigenvalue weighted by Gasteiger charge is -2.38. The van der Waals surface area contributed by atoms with E-state index in [0.29, 0.717) is 36.4 Å². The monoisotopic (exact) mass is 318 g/mol. The van der Waals surface area contributed by atoms with E-state index in [1.807, 2.05) is 6.07 Å². The average Bonchev–Trinajstić information content (AvgIpc) is 2.52. The van der Waals surface area contributed by atoms with Gasteiger partial charge in [0.15, 0.2) is 11.5 Å². The SMILES string of the molecule is COc1cc2nc(N3CCOC(C)(C)C3)nc(N)c2cc1OC. The first-order chi connectivity index (χ1) is 10.9. The van der Waals surface area contributed by atoms with Crippen molar-refractivity contribution in [1.29, 1.82) is 0 Å². The predicted octanol–water partition coefficient (Wildman–Crippen LogP) is 1.84. The molecule has 0 aliphatic carbocycles. The minimum absolute atomic E-state index is 0.233. The molecular formula is C16H22N4O3. The van der Waals surface area contributed by atoms with E-state index in [1.165, 1.54) is 0 Å². The van der Waals surface area contributed by atoms with Crippen LogP contribution >= 0.6 is 0 Å². The zero-order valence-electron chi connectivity index (χ0n) is 13.9. The molecule has 2 N–H and O–H groups in total. The molecular weight excluding hydrogens is 296 g/mol. The molecule has 2 heterocycles. The van der Waals surface area contributed by atoms with Gasteiger partial charge in [-0.3, -0.25) is 0 Å². The summed E-state index contributed by atoms with van der Waals surface area (Å²) in [6, 6.07) is 3.62. The first kappa shape index (κ1) is 15.6. The van der Waals surface area contributed by atoms with Crippen LogP contribution in [-0.2, 0) is 4.74 Å². The molecule has 0 bridgehead atoms. The first-order valence-electron chi connectivity index (χ1n) is 7.51. The number of nitrogen functional groups attached to an aromatic ring is 1. The summed E-state index contributed by atoms with van der Waals surface area (Å²) in [5, 5.41) is 0.749. The van der Waals surface area contributed by atoms with E-state index in [4.69, 9.17) is 19.9 Å². The summed E-state index contributed by atoms with van der Waals surface area (Å²) < 4.78 is 16.4. The summed E-state index contributed by atoms with van der Waals surface area (Å²) in [5.41, 5.74) is 6.64. The molecule has 124 valence electrons. The molecule has 1 saturated heterocycles. The Morgan fingerprint density at radius 2 is 1.87 bits per heavy atom. The molecule has 3 rings (SSSR count). The Morgan fingerprint density at radius 1 is 1.17 bits per heavy atom. The number of benzene rings is 1. The van der Waals surface area contributed by atoms with Gasteiger partial charge in [0.25, 0.3) is 0 Å². The number of ether oxygens (including phenoxy) is 3. The third-order valence-electron chi connectivity index (χ3n) is 3.93. The number of hydrogen-bond acceptors (Lipinski definition) is 7. The van der Waals surface area contributed by atoms with Crippen molar-refractivity contribution in [2.45, 2.75) is 19.4 Å². The lowest BCUT2D eigenvalue weighted by molar-refractivity contribution is -0.0281. The number of aromatic nitrogens is 2. The van der Waals surface area contributed by atoms with Crippen molar-refractivity contribution in [2.75, 3.05) is 44.5 Å². The zero-order chi connectivity index (χ0) is 16.6. The van der Waals surface area contributed by atoms with Crippen molar-refractivity contribution in [1.82, 2.24) is 9.97 Å². The van der Waals surface area contributed by atoms with Gasteiger partial charge in [-0.15, -0.1) is 0 Å². The Balaban J connectivity index is 2.06. The topological polar surface area (TPSA) is 82.7 Å². The van der Waals surface area contributed by atoms with Gasteiger partial charge < -0.3 is 24.8 Å². The Morgan fingerprint density at radius 3 is 2.52 bits per heavy atom.